The molecule has 1 rings (SSSR count). The van der Waals surface area contributed by atoms with Crippen molar-refractivity contribution < 1.29 is 0 Å². The predicted molar refractivity (Wildman–Crippen MR) is 37.9 cm³/mol. The highest BCUT2D eigenvalue weighted by Crippen LogP contribution is 1.96. The lowest BCUT2D eigenvalue weighted by Gasteiger charge is -2.31. The van der Waals surface area contributed by atoms with Gasteiger partial charge in [-0.2, -0.15) is 0 Å². The summed E-state index contributed by atoms with van der Waals surface area (Å²) in [5.74, 6) is 0.726. The molecule has 0 aromatic rings. The summed E-state index contributed by atoms with van der Waals surface area (Å²) in [6.45, 7) is 2.88. The Bertz CT molecular complexity index is 121. The zero-order chi connectivity index (χ0) is 6.85. The van der Waals surface area contributed by atoms with Gasteiger partial charge in [0, 0.05) is 20.1 Å². The minimum absolute atomic E-state index is 0.726. The van der Waals surface area contributed by atoms with Crippen LogP contribution in [0.3, 0.4) is 0 Å². The Hall–Kier alpha value is -0.570. The van der Waals surface area contributed by atoms with Crippen molar-refractivity contribution in [3.63, 3.8) is 0 Å². The van der Waals surface area contributed by atoms with Gasteiger partial charge < -0.3 is 4.90 Å². The predicted octanol–water partition coefficient (Wildman–Crippen LogP) is -0.159. The fourth-order valence-electron chi connectivity index (χ4n) is 0.911. The molecule has 0 atom stereocenters. The van der Waals surface area contributed by atoms with Gasteiger partial charge in [-0.25, -0.2) is 0 Å². The first-order valence-corrected chi connectivity index (χ1v) is 3.17. The molecule has 0 unspecified atom stereocenters. The molecule has 3 nitrogen and oxygen atoms in total. The van der Waals surface area contributed by atoms with Gasteiger partial charge >= 0.3 is 0 Å². The van der Waals surface area contributed by atoms with E-state index < -0.39 is 0 Å². The normalized spacial score (nSPS) is 22.9. The Morgan fingerprint density at radius 2 is 2.00 bits per heavy atom. The van der Waals surface area contributed by atoms with Gasteiger partial charge in [-0.3, -0.25) is 10.3 Å². The van der Waals surface area contributed by atoms with Crippen molar-refractivity contribution in [1.29, 1.82) is 5.41 Å². The molecule has 1 fully saturated rings. The Labute approximate surface area is 55.8 Å². The number of hydrogen-bond acceptors (Lipinski definition) is 2. The van der Waals surface area contributed by atoms with Crippen molar-refractivity contribution in [3.05, 3.63) is 0 Å². The molecular formula is C6H13N3. The summed E-state index contributed by atoms with van der Waals surface area (Å²) in [5, 5.41) is 7.41. The average Bonchev–Trinajstić information content (AvgIpc) is 1.80. The second kappa shape index (κ2) is 2.35. The van der Waals surface area contributed by atoms with Crippen LogP contribution in [0.15, 0.2) is 0 Å². The SMILES string of the molecule is CN1CCN(C)C(=N)C1. The third-order valence-corrected chi connectivity index (χ3v) is 1.70. The van der Waals surface area contributed by atoms with Crippen molar-refractivity contribution in [1.82, 2.24) is 9.80 Å². The minimum atomic E-state index is 0.726. The number of likely N-dealkylation sites (N-methyl/N-ethyl adjacent to an activating group) is 2. The highest BCUT2D eigenvalue weighted by molar-refractivity contribution is 5.81. The van der Waals surface area contributed by atoms with Crippen molar-refractivity contribution in [3.8, 4) is 0 Å². The molecule has 0 radical (unpaired) electrons. The zero-order valence-electron chi connectivity index (χ0n) is 6.02. The standard InChI is InChI=1S/C6H13N3/c1-8-3-4-9(2)6(7)5-8/h7H,3-5H2,1-2H3. The molecule has 0 bridgehead atoms. The molecule has 0 amide bonds. The van der Waals surface area contributed by atoms with Crippen LogP contribution in [0.5, 0.6) is 0 Å². The van der Waals surface area contributed by atoms with Crippen LogP contribution in [0.1, 0.15) is 0 Å². The van der Waals surface area contributed by atoms with Crippen LogP contribution in [0, 0.1) is 5.41 Å². The fourth-order valence-corrected chi connectivity index (χ4v) is 0.911. The summed E-state index contributed by atoms with van der Waals surface area (Å²) in [4.78, 5) is 4.14. The molecule has 1 aliphatic heterocycles. The second-order valence-electron chi connectivity index (χ2n) is 2.61. The lowest BCUT2D eigenvalue weighted by Crippen LogP contribution is -2.46. The number of hydrogen-bond donors (Lipinski definition) is 1. The monoisotopic (exact) mass is 127 g/mol. The van der Waals surface area contributed by atoms with Crippen molar-refractivity contribution in [2.24, 2.45) is 0 Å². The van der Waals surface area contributed by atoms with Gasteiger partial charge in [0.2, 0.25) is 0 Å². The van der Waals surface area contributed by atoms with Crippen LogP contribution in [0.25, 0.3) is 0 Å². The topological polar surface area (TPSA) is 30.3 Å². The van der Waals surface area contributed by atoms with Crippen LogP contribution < -0.4 is 0 Å². The molecule has 0 spiro atoms. The molecule has 52 valence electrons. The summed E-state index contributed by atoms with van der Waals surface area (Å²) in [5.41, 5.74) is 0. The molecule has 1 heterocycles. The molecule has 0 saturated carbocycles. The molecule has 3 heteroatoms. The van der Waals surface area contributed by atoms with Crippen LogP contribution in [0.2, 0.25) is 0 Å². The summed E-state index contributed by atoms with van der Waals surface area (Å²) in [6, 6.07) is 0. The third-order valence-electron chi connectivity index (χ3n) is 1.70. The molecule has 0 aromatic carbocycles. The highest BCUT2D eigenvalue weighted by Gasteiger charge is 2.13. The van der Waals surface area contributed by atoms with Gasteiger partial charge in [0.25, 0.3) is 0 Å². The lowest BCUT2D eigenvalue weighted by molar-refractivity contribution is 0.287. The van der Waals surface area contributed by atoms with Crippen molar-refractivity contribution in [2.45, 2.75) is 0 Å². The lowest BCUT2D eigenvalue weighted by atomic mass is 10.3. The van der Waals surface area contributed by atoms with E-state index >= 15 is 0 Å². The van der Waals surface area contributed by atoms with E-state index in [2.05, 4.69) is 4.90 Å². The van der Waals surface area contributed by atoms with E-state index in [0.29, 0.717) is 0 Å². The van der Waals surface area contributed by atoms with Crippen LogP contribution in [-0.4, -0.2) is 49.4 Å². The molecule has 1 saturated heterocycles. The van der Waals surface area contributed by atoms with E-state index in [1.807, 2.05) is 19.0 Å². The smallest absolute Gasteiger partial charge is 0.110 e. The number of nitrogens with zero attached hydrogens (tertiary/aromatic N) is 2. The maximum atomic E-state index is 7.41. The van der Waals surface area contributed by atoms with Gasteiger partial charge in [0.05, 0.1) is 6.54 Å². The summed E-state index contributed by atoms with van der Waals surface area (Å²) >= 11 is 0. The maximum absolute atomic E-state index is 7.41. The van der Waals surface area contributed by atoms with Crippen LogP contribution >= 0.6 is 0 Å². The molecule has 0 aromatic heterocycles. The molecule has 9 heavy (non-hydrogen) atoms. The van der Waals surface area contributed by atoms with Crippen LogP contribution in [-0.2, 0) is 0 Å². The average molecular weight is 127 g/mol. The molecular weight excluding hydrogens is 114 g/mol. The first-order valence-electron chi connectivity index (χ1n) is 3.17. The second-order valence-corrected chi connectivity index (χ2v) is 2.61. The van der Waals surface area contributed by atoms with E-state index in [1.54, 1.807) is 0 Å². The molecule has 1 aliphatic rings. The van der Waals surface area contributed by atoms with Gasteiger partial charge in [-0.1, -0.05) is 0 Å². The van der Waals surface area contributed by atoms with E-state index in [1.165, 1.54) is 0 Å². The van der Waals surface area contributed by atoms with Gasteiger partial charge in [0.1, 0.15) is 5.84 Å². The van der Waals surface area contributed by atoms with Crippen molar-refractivity contribution in [2.75, 3.05) is 33.7 Å². The van der Waals surface area contributed by atoms with Crippen LogP contribution in [0.4, 0.5) is 0 Å². The van der Waals surface area contributed by atoms with Gasteiger partial charge in [-0.15, -0.1) is 0 Å². The Kier molecular flexibility index (Phi) is 1.71. The molecule has 1 N–H and O–H groups in total. The molecule has 0 aliphatic carbocycles. The Balaban J connectivity index is 2.44. The summed E-state index contributed by atoms with van der Waals surface area (Å²) in [6.07, 6.45) is 0. The Morgan fingerprint density at radius 1 is 1.33 bits per heavy atom. The number of nitrogens with one attached hydrogen (secondary N) is 1. The van der Waals surface area contributed by atoms with E-state index in [9.17, 15) is 0 Å². The fraction of sp³-hybridized carbons (Fsp3) is 0.833. The minimum Gasteiger partial charge on any atom is -0.361 e. The summed E-state index contributed by atoms with van der Waals surface area (Å²) in [7, 11) is 4.01. The first kappa shape index (κ1) is 6.55. The number of amidine groups is 1. The number of rotatable bonds is 0. The maximum Gasteiger partial charge on any atom is 0.110 e. The van der Waals surface area contributed by atoms with Gasteiger partial charge in [0.15, 0.2) is 0 Å². The quantitative estimate of drug-likeness (QED) is 0.490. The highest BCUT2D eigenvalue weighted by atomic mass is 15.3. The van der Waals surface area contributed by atoms with E-state index in [0.717, 1.165) is 25.5 Å². The summed E-state index contributed by atoms with van der Waals surface area (Å²) < 4.78 is 0. The number of piperazine rings is 1. The Morgan fingerprint density at radius 3 is 2.44 bits per heavy atom. The van der Waals surface area contributed by atoms with Gasteiger partial charge in [-0.05, 0) is 7.05 Å². The first-order chi connectivity index (χ1) is 4.20. The van der Waals surface area contributed by atoms with Crippen molar-refractivity contribution >= 4 is 5.84 Å². The van der Waals surface area contributed by atoms with E-state index in [4.69, 9.17) is 5.41 Å². The zero-order valence-corrected chi connectivity index (χ0v) is 6.02. The van der Waals surface area contributed by atoms with E-state index in [-0.39, 0.29) is 0 Å². The largest absolute Gasteiger partial charge is 0.361 e. The third kappa shape index (κ3) is 1.42.